The van der Waals surface area contributed by atoms with Gasteiger partial charge in [0.05, 0.1) is 0 Å². The molecule has 0 aliphatic rings. The van der Waals surface area contributed by atoms with Crippen LogP contribution in [0, 0.1) is 0 Å². The van der Waals surface area contributed by atoms with Gasteiger partial charge in [0.25, 0.3) is 10.1 Å². The molecule has 0 spiro atoms. The lowest BCUT2D eigenvalue weighted by Gasteiger charge is -2.12. The van der Waals surface area contributed by atoms with Gasteiger partial charge in [-0.25, -0.2) is 4.79 Å². The first-order valence-electron chi connectivity index (χ1n) is 7.61. The molecule has 0 radical (unpaired) electrons. The summed E-state index contributed by atoms with van der Waals surface area (Å²) in [5, 5.41) is 6.96. The Morgan fingerprint density at radius 2 is 1.61 bits per heavy atom. The van der Waals surface area contributed by atoms with Crippen molar-refractivity contribution < 1.29 is 32.5 Å². The Balaban J connectivity index is 3.99. The van der Waals surface area contributed by atoms with Crippen molar-refractivity contribution in [2.24, 2.45) is 0 Å². The van der Waals surface area contributed by atoms with Crippen LogP contribution in [0.3, 0.4) is 0 Å². The number of hydrogen-bond acceptors (Lipinski definition) is 5. The molecular formula is C15H24O7S. The maximum atomic E-state index is 11.7. The third-order valence-electron chi connectivity index (χ3n) is 3.32. The summed E-state index contributed by atoms with van der Waals surface area (Å²) in [7, 11) is -4.44. The molecule has 0 aromatic carbocycles. The van der Waals surface area contributed by atoms with Crippen LogP contribution < -0.4 is 0 Å². The molecule has 0 heterocycles. The van der Waals surface area contributed by atoms with Crippen LogP contribution in [0.5, 0.6) is 0 Å². The highest BCUT2D eigenvalue weighted by Crippen LogP contribution is 2.15. The SMILES string of the molecule is O=CCCC(=O)C(CCCCCCCC=CC(=O)O)S(=O)(=O)O. The average Bonchev–Trinajstić information content (AvgIpc) is 2.45. The zero-order valence-electron chi connectivity index (χ0n) is 13.0. The number of carbonyl (C=O) groups excluding carboxylic acids is 2. The monoisotopic (exact) mass is 348 g/mol. The minimum Gasteiger partial charge on any atom is -0.478 e. The van der Waals surface area contributed by atoms with Gasteiger partial charge in [0.2, 0.25) is 0 Å². The van der Waals surface area contributed by atoms with Gasteiger partial charge < -0.3 is 9.90 Å². The summed E-state index contributed by atoms with van der Waals surface area (Å²) in [5.41, 5.74) is 0. The number of hydrogen-bond donors (Lipinski definition) is 2. The molecule has 132 valence electrons. The first kappa shape index (κ1) is 21.5. The number of carboxylic acid groups (broad SMARTS) is 1. The molecule has 0 fully saturated rings. The minimum absolute atomic E-state index is 0.0469. The van der Waals surface area contributed by atoms with Gasteiger partial charge in [-0.2, -0.15) is 8.42 Å². The molecule has 0 bridgehead atoms. The Morgan fingerprint density at radius 3 is 2.17 bits per heavy atom. The molecule has 1 atom stereocenters. The second kappa shape index (κ2) is 12.0. The summed E-state index contributed by atoms with van der Waals surface area (Å²) < 4.78 is 31.5. The molecule has 23 heavy (non-hydrogen) atoms. The minimum atomic E-state index is -4.44. The van der Waals surface area contributed by atoms with Crippen LogP contribution in [0.15, 0.2) is 12.2 Å². The zero-order valence-corrected chi connectivity index (χ0v) is 13.8. The summed E-state index contributed by atoms with van der Waals surface area (Å²) >= 11 is 0. The van der Waals surface area contributed by atoms with Crippen molar-refractivity contribution in [2.75, 3.05) is 0 Å². The summed E-state index contributed by atoms with van der Waals surface area (Å²) in [5.74, 6) is -1.60. The molecule has 0 amide bonds. The van der Waals surface area contributed by atoms with Crippen molar-refractivity contribution >= 4 is 28.2 Å². The largest absolute Gasteiger partial charge is 0.478 e. The highest BCUT2D eigenvalue weighted by atomic mass is 32.2. The van der Waals surface area contributed by atoms with Crippen molar-refractivity contribution in [3.05, 3.63) is 12.2 Å². The van der Waals surface area contributed by atoms with Crippen LogP contribution in [-0.2, 0) is 24.5 Å². The van der Waals surface area contributed by atoms with E-state index < -0.39 is 27.1 Å². The van der Waals surface area contributed by atoms with Gasteiger partial charge in [0, 0.05) is 18.9 Å². The first-order chi connectivity index (χ1) is 10.8. The van der Waals surface area contributed by atoms with E-state index in [1.54, 1.807) is 6.08 Å². The van der Waals surface area contributed by atoms with E-state index >= 15 is 0 Å². The molecule has 0 aromatic heterocycles. The van der Waals surface area contributed by atoms with Gasteiger partial charge in [0.1, 0.15) is 11.5 Å². The van der Waals surface area contributed by atoms with Crippen LogP contribution in [0.1, 0.15) is 57.8 Å². The molecule has 2 N–H and O–H groups in total. The quantitative estimate of drug-likeness (QED) is 0.213. The fourth-order valence-corrected chi connectivity index (χ4v) is 3.06. The van der Waals surface area contributed by atoms with Crippen LogP contribution in [0.25, 0.3) is 0 Å². The third kappa shape index (κ3) is 11.7. The zero-order chi connectivity index (χ0) is 17.7. The Labute approximate surface area is 136 Å². The van der Waals surface area contributed by atoms with Crippen molar-refractivity contribution in [1.29, 1.82) is 0 Å². The number of Topliss-reactive ketones (excluding diaryl/α,β-unsaturated/α-hetero) is 1. The maximum Gasteiger partial charge on any atom is 0.327 e. The van der Waals surface area contributed by atoms with Gasteiger partial charge in [-0.15, -0.1) is 0 Å². The molecule has 0 saturated carbocycles. The van der Waals surface area contributed by atoms with Gasteiger partial charge in [0.15, 0.2) is 5.78 Å². The van der Waals surface area contributed by atoms with E-state index in [1.165, 1.54) is 0 Å². The van der Waals surface area contributed by atoms with Gasteiger partial charge in [-0.3, -0.25) is 9.35 Å². The lowest BCUT2D eigenvalue weighted by Crippen LogP contribution is -2.30. The molecule has 0 saturated heterocycles. The third-order valence-corrected chi connectivity index (χ3v) is 4.54. The molecule has 8 heteroatoms. The standard InChI is InChI=1S/C15H24O7S/c16-12-8-9-13(17)14(23(20,21)22)10-6-4-2-1-3-5-7-11-15(18)19/h7,11-12,14H,1-6,8-10H2,(H,18,19)(H,20,21,22). The average molecular weight is 348 g/mol. The maximum absolute atomic E-state index is 11.7. The summed E-state index contributed by atoms with van der Waals surface area (Å²) in [6.07, 6.45) is 7.48. The number of aliphatic carboxylic acids is 1. The Bertz CT molecular complexity index is 508. The Kier molecular flexibility index (Phi) is 11.2. The first-order valence-corrected chi connectivity index (χ1v) is 9.11. The highest BCUT2D eigenvalue weighted by Gasteiger charge is 2.29. The summed E-state index contributed by atoms with van der Waals surface area (Å²) in [4.78, 5) is 32.1. The molecule has 1 unspecified atom stereocenters. The Morgan fingerprint density at radius 1 is 1.00 bits per heavy atom. The van der Waals surface area contributed by atoms with E-state index in [0.717, 1.165) is 31.8 Å². The fourth-order valence-electron chi connectivity index (χ4n) is 2.14. The normalized spacial score (nSPS) is 13.1. The van der Waals surface area contributed by atoms with Gasteiger partial charge in [-0.05, 0) is 19.3 Å². The molecule has 0 aliphatic heterocycles. The number of unbranched alkanes of at least 4 members (excludes halogenated alkanes) is 5. The summed E-state index contributed by atoms with van der Waals surface area (Å²) in [6, 6.07) is 0. The Hall–Kier alpha value is -1.54. The van der Waals surface area contributed by atoms with Crippen molar-refractivity contribution in [2.45, 2.75) is 63.0 Å². The van der Waals surface area contributed by atoms with Crippen LogP contribution in [0.4, 0.5) is 0 Å². The molecule has 0 aliphatic carbocycles. The van der Waals surface area contributed by atoms with E-state index in [0.29, 0.717) is 19.1 Å². The lowest BCUT2D eigenvalue weighted by molar-refractivity contribution is -0.131. The van der Waals surface area contributed by atoms with Crippen molar-refractivity contribution in [3.8, 4) is 0 Å². The molecule has 0 rings (SSSR count). The molecule has 0 aromatic rings. The van der Waals surface area contributed by atoms with E-state index in [-0.39, 0.29) is 19.3 Å². The van der Waals surface area contributed by atoms with E-state index in [1.807, 2.05) is 0 Å². The second-order valence-electron chi connectivity index (χ2n) is 5.26. The predicted octanol–water partition coefficient (Wildman–Crippen LogP) is 2.16. The highest BCUT2D eigenvalue weighted by molar-refractivity contribution is 7.87. The smallest absolute Gasteiger partial charge is 0.327 e. The number of rotatable bonds is 14. The number of carboxylic acids is 1. The van der Waals surface area contributed by atoms with E-state index in [9.17, 15) is 22.8 Å². The summed E-state index contributed by atoms with van der Waals surface area (Å²) in [6.45, 7) is 0. The van der Waals surface area contributed by atoms with Crippen LogP contribution in [0.2, 0.25) is 0 Å². The number of aldehydes is 1. The topological polar surface area (TPSA) is 126 Å². The van der Waals surface area contributed by atoms with Crippen LogP contribution >= 0.6 is 0 Å². The van der Waals surface area contributed by atoms with Gasteiger partial charge in [-0.1, -0.05) is 31.8 Å². The number of ketones is 1. The second-order valence-corrected chi connectivity index (χ2v) is 6.86. The fraction of sp³-hybridized carbons (Fsp3) is 0.667. The number of carbonyl (C=O) groups is 3. The lowest BCUT2D eigenvalue weighted by atomic mass is 10.0. The predicted molar refractivity (Wildman–Crippen MR) is 84.7 cm³/mol. The number of allylic oxidation sites excluding steroid dienone is 1. The van der Waals surface area contributed by atoms with Crippen molar-refractivity contribution in [3.63, 3.8) is 0 Å². The molecular weight excluding hydrogens is 324 g/mol. The van der Waals surface area contributed by atoms with Crippen molar-refractivity contribution in [1.82, 2.24) is 0 Å². The van der Waals surface area contributed by atoms with E-state index in [4.69, 9.17) is 9.66 Å². The van der Waals surface area contributed by atoms with E-state index in [2.05, 4.69) is 0 Å². The molecule has 7 nitrogen and oxygen atoms in total. The van der Waals surface area contributed by atoms with Gasteiger partial charge >= 0.3 is 5.97 Å². The van der Waals surface area contributed by atoms with Crippen LogP contribution in [-0.4, -0.2) is 41.4 Å².